The molecule has 0 atom stereocenters. The molecule has 0 saturated carbocycles. The Hall–Kier alpha value is -3.28. The number of aliphatic carboxylic acids is 1. The van der Waals surface area contributed by atoms with Crippen molar-refractivity contribution in [3.8, 4) is 11.3 Å². The van der Waals surface area contributed by atoms with Crippen LogP contribution in [0, 0.1) is 13.8 Å². The van der Waals surface area contributed by atoms with Crippen molar-refractivity contribution >= 4 is 17.6 Å². The number of hydrogen-bond donors (Lipinski definition) is 2. The molecule has 0 amide bonds. The van der Waals surface area contributed by atoms with Crippen molar-refractivity contribution in [3.63, 3.8) is 0 Å². The number of carboxylic acids is 1. The van der Waals surface area contributed by atoms with Crippen LogP contribution in [-0.2, 0) is 11.2 Å². The van der Waals surface area contributed by atoms with Gasteiger partial charge in [-0.05, 0) is 61.7 Å². The van der Waals surface area contributed by atoms with E-state index >= 15 is 0 Å². The van der Waals surface area contributed by atoms with Crippen molar-refractivity contribution in [1.82, 2.24) is 15.0 Å². The van der Waals surface area contributed by atoms with E-state index in [1.54, 1.807) is 12.4 Å². The molecule has 2 heterocycles. The third-order valence-electron chi connectivity index (χ3n) is 3.88. The van der Waals surface area contributed by atoms with Gasteiger partial charge in [-0.1, -0.05) is 6.07 Å². The highest BCUT2D eigenvalue weighted by molar-refractivity contribution is 5.69. The Kier molecular flexibility index (Phi) is 5.22. The van der Waals surface area contributed by atoms with E-state index in [9.17, 15) is 4.79 Å². The highest BCUT2D eigenvalue weighted by Gasteiger charge is 2.06. The zero-order chi connectivity index (χ0) is 18.5. The molecule has 1 aromatic carbocycles. The summed E-state index contributed by atoms with van der Waals surface area (Å²) in [6.45, 7) is 3.94. The van der Waals surface area contributed by atoms with Crippen LogP contribution < -0.4 is 5.32 Å². The van der Waals surface area contributed by atoms with E-state index in [-0.39, 0.29) is 6.42 Å². The number of nitrogens with zero attached hydrogens (tertiary/aromatic N) is 3. The molecule has 0 aliphatic rings. The van der Waals surface area contributed by atoms with Crippen molar-refractivity contribution in [2.75, 3.05) is 5.32 Å². The normalized spacial score (nSPS) is 10.5. The van der Waals surface area contributed by atoms with Crippen LogP contribution in [-0.4, -0.2) is 26.0 Å². The quantitative estimate of drug-likeness (QED) is 0.702. The summed E-state index contributed by atoms with van der Waals surface area (Å²) in [5.41, 5.74) is 5.60. The fraction of sp³-hybridized carbons (Fsp3) is 0.200. The second-order valence-corrected chi connectivity index (χ2v) is 6.18. The molecular formula is C20H20N4O2. The monoisotopic (exact) mass is 348 g/mol. The van der Waals surface area contributed by atoms with Crippen molar-refractivity contribution in [2.24, 2.45) is 0 Å². The smallest absolute Gasteiger partial charge is 0.303 e. The summed E-state index contributed by atoms with van der Waals surface area (Å²) in [7, 11) is 0. The predicted molar refractivity (Wildman–Crippen MR) is 100 cm³/mol. The molecular weight excluding hydrogens is 328 g/mol. The predicted octanol–water partition coefficient (Wildman–Crippen LogP) is 3.92. The maximum absolute atomic E-state index is 10.7. The van der Waals surface area contributed by atoms with Gasteiger partial charge in [-0.3, -0.25) is 9.78 Å². The number of aromatic nitrogens is 3. The molecule has 0 spiro atoms. The van der Waals surface area contributed by atoms with E-state index in [1.807, 2.05) is 44.2 Å². The Morgan fingerprint density at radius 3 is 2.65 bits per heavy atom. The van der Waals surface area contributed by atoms with E-state index in [0.29, 0.717) is 12.4 Å². The summed E-state index contributed by atoms with van der Waals surface area (Å²) in [6, 6.07) is 11.8. The van der Waals surface area contributed by atoms with Crippen molar-refractivity contribution < 1.29 is 9.90 Å². The molecule has 2 N–H and O–H groups in total. The first-order valence-corrected chi connectivity index (χ1v) is 8.35. The van der Waals surface area contributed by atoms with Crippen LogP contribution in [0.5, 0.6) is 0 Å². The zero-order valence-corrected chi connectivity index (χ0v) is 14.7. The van der Waals surface area contributed by atoms with Gasteiger partial charge in [0.05, 0.1) is 5.69 Å². The number of rotatable bonds is 6. The molecule has 0 radical (unpaired) electrons. The van der Waals surface area contributed by atoms with Gasteiger partial charge in [0.25, 0.3) is 0 Å². The number of carbonyl (C=O) groups is 1. The van der Waals surface area contributed by atoms with Gasteiger partial charge in [-0.2, -0.15) is 0 Å². The van der Waals surface area contributed by atoms with Crippen LogP contribution in [0.15, 0.2) is 48.8 Å². The van der Waals surface area contributed by atoms with Gasteiger partial charge in [0.2, 0.25) is 5.95 Å². The molecule has 132 valence electrons. The molecule has 2 aromatic heterocycles. The van der Waals surface area contributed by atoms with Gasteiger partial charge in [0.1, 0.15) is 0 Å². The maximum atomic E-state index is 10.7. The van der Waals surface area contributed by atoms with Gasteiger partial charge in [-0.25, -0.2) is 9.97 Å². The number of nitrogens with one attached hydrogen (secondary N) is 1. The summed E-state index contributed by atoms with van der Waals surface area (Å²) in [6.07, 6.45) is 4.04. The van der Waals surface area contributed by atoms with Crippen molar-refractivity contribution in [2.45, 2.75) is 26.7 Å². The Morgan fingerprint density at radius 2 is 1.96 bits per heavy atom. The molecule has 3 rings (SSSR count). The lowest BCUT2D eigenvalue weighted by atomic mass is 10.1. The number of carboxylic acid groups (broad SMARTS) is 1. The van der Waals surface area contributed by atoms with Gasteiger partial charge >= 0.3 is 5.97 Å². The van der Waals surface area contributed by atoms with Gasteiger partial charge in [0.15, 0.2) is 0 Å². The fourth-order valence-corrected chi connectivity index (χ4v) is 2.64. The minimum atomic E-state index is -0.804. The summed E-state index contributed by atoms with van der Waals surface area (Å²) in [5, 5.41) is 12.0. The molecule has 0 fully saturated rings. The van der Waals surface area contributed by atoms with E-state index in [4.69, 9.17) is 5.11 Å². The van der Waals surface area contributed by atoms with Crippen LogP contribution in [0.1, 0.15) is 23.2 Å². The number of hydrogen-bond acceptors (Lipinski definition) is 5. The number of benzene rings is 1. The Labute approximate surface area is 152 Å². The lowest BCUT2D eigenvalue weighted by molar-refractivity contribution is -0.136. The average molecular weight is 348 g/mol. The Balaban J connectivity index is 1.82. The van der Waals surface area contributed by atoms with Gasteiger partial charge in [-0.15, -0.1) is 0 Å². The molecule has 6 nitrogen and oxygen atoms in total. The van der Waals surface area contributed by atoms with Crippen molar-refractivity contribution in [3.05, 3.63) is 65.6 Å². The zero-order valence-electron chi connectivity index (χ0n) is 14.7. The SMILES string of the molecule is Cc1cc(Nc2nccc(C)n2)cc(-c2ccc(CCC(=O)O)cn2)c1. The molecule has 0 saturated heterocycles. The number of anilines is 2. The molecule has 0 bridgehead atoms. The standard InChI is InChI=1S/C20H20N4O2/c1-13-9-16(18-5-3-15(12-22-18)4-6-19(25)26)11-17(10-13)24-20-21-8-7-14(2)23-20/h3,5,7-12H,4,6H2,1-2H3,(H,25,26)(H,21,23,24). The summed E-state index contributed by atoms with van der Waals surface area (Å²) in [4.78, 5) is 23.7. The van der Waals surface area contributed by atoms with Gasteiger partial charge < -0.3 is 10.4 Å². The summed E-state index contributed by atoms with van der Waals surface area (Å²) < 4.78 is 0. The van der Waals surface area contributed by atoms with E-state index in [1.165, 1.54) is 0 Å². The third kappa shape index (κ3) is 4.63. The lowest BCUT2D eigenvalue weighted by Gasteiger charge is -2.10. The Morgan fingerprint density at radius 1 is 1.12 bits per heavy atom. The van der Waals surface area contributed by atoms with E-state index in [2.05, 4.69) is 26.3 Å². The maximum Gasteiger partial charge on any atom is 0.303 e. The fourth-order valence-electron chi connectivity index (χ4n) is 2.64. The summed E-state index contributed by atoms with van der Waals surface area (Å²) >= 11 is 0. The van der Waals surface area contributed by atoms with Gasteiger partial charge in [0, 0.05) is 35.8 Å². The minimum Gasteiger partial charge on any atom is -0.481 e. The van der Waals surface area contributed by atoms with Crippen LogP contribution in [0.25, 0.3) is 11.3 Å². The molecule has 26 heavy (non-hydrogen) atoms. The second kappa shape index (κ2) is 7.74. The largest absolute Gasteiger partial charge is 0.481 e. The van der Waals surface area contributed by atoms with E-state index in [0.717, 1.165) is 33.8 Å². The first-order chi connectivity index (χ1) is 12.5. The lowest BCUT2D eigenvalue weighted by Crippen LogP contribution is -1.99. The molecule has 0 aliphatic heterocycles. The molecule has 6 heteroatoms. The second-order valence-electron chi connectivity index (χ2n) is 6.18. The third-order valence-corrected chi connectivity index (χ3v) is 3.88. The number of pyridine rings is 1. The topological polar surface area (TPSA) is 88.0 Å². The highest BCUT2D eigenvalue weighted by Crippen LogP contribution is 2.25. The highest BCUT2D eigenvalue weighted by atomic mass is 16.4. The molecule has 0 unspecified atom stereocenters. The van der Waals surface area contributed by atoms with Crippen LogP contribution >= 0.6 is 0 Å². The average Bonchev–Trinajstić information content (AvgIpc) is 2.60. The first-order valence-electron chi connectivity index (χ1n) is 8.35. The minimum absolute atomic E-state index is 0.107. The molecule has 3 aromatic rings. The number of aryl methyl sites for hydroxylation is 3. The van der Waals surface area contributed by atoms with Crippen LogP contribution in [0.2, 0.25) is 0 Å². The van der Waals surface area contributed by atoms with Crippen LogP contribution in [0.4, 0.5) is 11.6 Å². The van der Waals surface area contributed by atoms with E-state index < -0.39 is 5.97 Å². The first kappa shape index (κ1) is 17.5. The molecule has 0 aliphatic carbocycles. The van der Waals surface area contributed by atoms with Crippen LogP contribution in [0.3, 0.4) is 0 Å². The summed E-state index contributed by atoms with van der Waals surface area (Å²) in [5.74, 6) is -0.250. The Bertz CT molecular complexity index is 923. The van der Waals surface area contributed by atoms with Crippen molar-refractivity contribution in [1.29, 1.82) is 0 Å².